The first-order chi connectivity index (χ1) is 10.9. The molecule has 0 radical (unpaired) electrons. The molecule has 0 amide bonds. The molecule has 0 unspecified atom stereocenters. The van der Waals surface area contributed by atoms with Gasteiger partial charge in [0.25, 0.3) is 0 Å². The number of carbonyl (C=O) groups is 3. The number of carbonyl (C=O) groups excluding carboxylic acids is 3. The van der Waals surface area contributed by atoms with Crippen molar-refractivity contribution in [3.63, 3.8) is 0 Å². The zero-order valence-corrected chi connectivity index (χ0v) is 16.7. The Morgan fingerprint density at radius 2 is 1.50 bits per heavy atom. The molecule has 0 heterocycles. The van der Waals surface area contributed by atoms with Crippen molar-refractivity contribution in [2.45, 2.75) is 87.0 Å². The molecule has 4 heteroatoms. The predicted molar refractivity (Wildman–Crippen MR) is 96.7 cm³/mol. The molecule has 1 aliphatic carbocycles. The van der Waals surface area contributed by atoms with Gasteiger partial charge in [0.15, 0.2) is 0 Å². The van der Waals surface area contributed by atoms with Crippen LogP contribution in [0, 0.1) is 16.7 Å². The van der Waals surface area contributed by atoms with Gasteiger partial charge in [0.1, 0.15) is 11.6 Å². The summed E-state index contributed by atoms with van der Waals surface area (Å²) < 4.78 is 4.89. The van der Waals surface area contributed by atoms with E-state index in [0.29, 0.717) is 6.61 Å². The van der Waals surface area contributed by atoms with Crippen molar-refractivity contribution >= 4 is 17.5 Å². The lowest BCUT2D eigenvalue weighted by molar-refractivity contribution is -0.147. The third-order valence-corrected chi connectivity index (χ3v) is 4.11. The Morgan fingerprint density at radius 1 is 1.00 bits per heavy atom. The predicted octanol–water partition coefficient (Wildman–Crippen LogP) is 4.74. The molecule has 1 fully saturated rings. The smallest absolute Gasteiger partial charge is 0.308 e. The van der Waals surface area contributed by atoms with Crippen molar-refractivity contribution in [1.29, 1.82) is 0 Å². The highest BCUT2D eigenvalue weighted by Crippen LogP contribution is 2.34. The lowest BCUT2D eigenvalue weighted by Gasteiger charge is -2.30. The minimum atomic E-state index is -0.385. The zero-order valence-electron chi connectivity index (χ0n) is 16.7. The van der Waals surface area contributed by atoms with Crippen molar-refractivity contribution in [3.8, 4) is 0 Å². The molecule has 1 aliphatic rings. The fraction of sp³-hybridized carbons (Fsp3) is 0.850. The molecule has 140 valence electrons. The molecule has 0 aromatic rings. The highest BCUT2D eigenvalue weighted by atomic mass is 16.5. The van der Waals surface area contributed by atoms with Gasteiger partial charge in [0, 0.05) is 5.41 Å². The largest absolute Gasteiger partial charge is 0.466 e. The molecule has 0 saturated heterocycles. The molecule has 0 bridgehead atoms. The van der Waals surface area contributed by atoms with Gasteiger partial charge >= 0.3 is 5.97 Å². The van der Waals surface area contributed by atoms with Crippen LogP contribution in [-0.2, 0) is 19.1 Å². The Labute approximate surface area is 147 Å². The first-order valence-electron chi connectivity index (χ1n) is 9.08. The van der Waals surface area contributed by atoms with Gasteiger partial charge in [0.05, 0.1) is 18.9 Å². The molecular weight excluding hydrogens is 304 g/mol. The second kappa shape index (κ2) is 9.95. The Kier molecular flexibility index (Phi) is 9.46. The van der Waals surface area contributed by atoms with E-state index in [1.54, 1.807) is 0 Å². The quantitative estimate of drug-likeness (QED) is 0.518. The molecule has 0 aliphatic heterocycles. The Bertz CT molecular complexity index is 423. The lowest BCUT2D eigenvalue weighted by Crippen LogP contribution is -2.30. The number of hydrogen-bond donors (Lipinski definition) is 0. The van der Waals surface area contributed by atoms with Crippen molar-refractivity contribution in [3.05, 3.63) is 0 Å². The standard InChI is InChI=1S/C12H22O2.C8H14O2/c1-9(13)7-10(14)12(5,6)8-11(2,3)4;1-2-10-8(9)7-5-3-4-6-7/h7-8H2,1-6H3;7H,2-6H2,1H3. The molecule has 0 N–H and O–H groups in total. The summed E-state index contributed by atoms with van der Waals surface area (Å²) in [6, 6.07) is 0. The Balaban J connectivity index is 0.000000463. The zero-order chi connectivity index (χ0) is 19.0. The molecule has 1 rings (SSSR count). The van der Waals surface area contributed by atoms with E-state index in [0.717, 1.165) is 19.3 Å². The number of hydrogen-bond acceptors (Lipinski definition) is 4. The topological polar surface area (TPSA) is 60.4 Å². The Hall–Kier alpha value is -1.19. The Morgan fingerprint density at radius 3 is 1.88 bits per heavy atom. The third-order valence-electron chi connectivity index (χ3n) is 4.11. The van der Waals surface area contributed by atoms with E-state index >= 15 is 0 Å². The fourth-order valence-electron chi connectivity index (χ4n) is 3.31. The molecule has 4 nitrogen and oxygen atoms in total. The van der Waals surface area contributed by atoms with Crippen LogP contribution in [0.15, 0.2) is 0 Å². The lowest BCUT2D eigenvalue weighted by atomic mass is 9.73. The van der Waals surface area contributed by atoms with Gasteiger partial charge in [-0.1, -0.05) is 47.5 Å². The number of Topliss-reactive ketones (excluding diaryl/α,β-unsaturated/α-hetero) is 2. The van der Waals surface area contributed by atoms with Crippen LogP contribution in [0.3, 0.4) is 0 Å². The molecule has 24 heavy (non-hydrogen) atoms. The molecule has 0 aromatic carbocycles. The van der Waals surface area contributed by atoms with E-state index in [2.05, 4.69) is 20.8 Å². The average Bonchev–Trinajstić information content (AvgIpc) is 2.89. The van der Waals surface area contributed by atoms with Gasteiger partial charge in [-0.3, -0.25) is 14.4 Å². The van der Waals surface area contributed by atoms with Crippen LogP contribution in [-0.4, -0.2) is 24.1 Å². The van der Waals surface area contributed by atoms with Crippen LogP contribution in [0.2, 0.25) is 0 Å². The van der Waals surface area contributed by atoms with Crippen molar-refractivity contribution in [1.82, 2.24) is 0 Å². The first-order valence-corrected chi connectivity index (χ1v) is 9.08. The van der Waals surface area contributed by atoms with Gasteiger partial charge in [-0.15, -0.1) is 0 Å². The number of rotatable bonds is 6. The molecular formula is C20H36O4. The normalized spacial score (nSPS) is 15.5. The third kappa shape index (κ3) is 9.84. The summed E-state index contributed by atoms with van der Waals surface area (Å²) in [7, 11) is 0. The molecule has 0 atom stereocenters. The van der Waals surface area contributed by atoms with E-state index in [1.165, 1.54) is 19.8 Å². The summed E-state index contributed by atoms with van der Waals surface area (Å²) in [5.41, 5.74) is -0.264. The number of esters is 1. The maximum Gasteiger partial charge on any atom is 0.308 e. The SMILES string of the molecule is CC(=O)CC(=O)C(C)(C)CC(C)(C)C.CCOC(=O)C1CCCC1. The van der Waals surface area contributed by atoms with Crippen molar-refractivity contribution in [2.24, 2.45) is 16.7 Å². The summed E-state index contributed by atoms with van der Waals surface area (Å²) in [5.74, 6) is 0.247. The summed E-state index contributed by atoms with van der Waals surface area (Å²) in [5, 5.41) is 0. The van der Waals surface area contributed by atoms with Crippen LogP contribution in [0.25, 0.3) is 0 Å². The fourth-order valence-corrected chi connectivity index (χ4v) is 3.31. The monoisotopic (exact) mass is 340 g/mol. The van der Waals surface area contributed by atoms with Gasteiger partial charge in [-0.2, -0.15) is 0 Å². The van der Waals surface area contributed by atoms with Gasteiger partial charge in [-0.25, -0.2) is 0 Å². The van der Waals surface area contributed by atoms with Crippen LogP contribution >= 0.6 is 0 Å². The summed E-state index contributed by atoms with van der Waals surface area (Å²) in [6.45, 7) is 14.0. The highest BCUT2D eigenvalue weighted by molar-refractivity contribution is 6.00. The summed E-state index contributed by atoms with van der Waals surface area (Å²) in [4.78, 5) is 33.6. The molecule has 0 spiro atoms. The summed E-state index contributed by atoms with van der Waals surface area (Å²) >= 11 is 0. The van der Waals surface area contributed by atoms with Crippen LogP contribution < -0.4 is 0 Å². The number of ketones is 2. The van der Waals surface area contributed by atoms with Crippen LogP contribution in [0.1, 0.15) is 87.0 Å². The van der Waals surface area contributed by atoms with Gasteiger partial charge < -0.3 is 4.74 Å². The van der Waals surface area contributed by atoms with Gasteiger partial charge in [0.2, 0.25) is 0 Å². The van der Waals surface area contributed by atoms with E-state index in [1.807, 2.05) is 20.8 Å². The minimum Gasteiger partial charge on any atom is -0.466 e. The van der Waals surface area contributed by atoms with E-state index in [4.69, 9.17) is 4.74 Å². The van der Waals surface area contributed by atoms with E-state index < -0.39 is 0 Å². The van der Waals surface area contributed by atoms with E-state index in [-0.39, 0.29) is 40.7 Å². The molecule has 1 saturated carbocycles. The highest BCUT2D eigenvalue weighted by Gasteiger charge is 2.32. The summed E-state index contributed by atoms with van der Waals surface area (Å²) in [6.07, 6.45) is 5.36. The van der Waals surface area contributed by atoms with E-state index in [9.17, 15) is 14.4 Å². The second-order valence-electron chi connectivity index (χ2n) is 8.66. The van der Waals surface area contributed by atoms with Crippen molar-refractivity contribution in [2.75, 3.05) is 6.61 Å². The maximum atomic E-state index is 11.7. The maximum absolute atomic E-state index is 11.7. The minimum absolute atomic E-state index is 0.0139. The molecule has 0 aromatic heterocycles. The van der Waals surface area contributed by atoms with Crippen LogP contribution in [0.5, 0.6) is 0 Å². The number of ether oxygens (including phenoxy) is 1. The second-order valence-corrected chi connectivity index (χ2v) is 8.66. The van der Waals surface area contributed by atoms with Crippen LogP contribution in [0.4, 0.5) is 0 Å². The van der Waals surface area contributed by atoms with Gasteiger partial charge in [-0.05, 0) is 38.5 Å². The average molecular weight is 341 g/mol. The van der Waals surface area contributed by atoms with Crippen molar-refractivity contribution < 1.29 is 19.1 Å². The first kappa shape index (κ1) is 22.8.